The maximum Gasteiger partial charge on any atom is 0.242 e. The zero-order valence-corrected chi connectivity index (χ0v) is 22.6. The molecular weight excluding hydrogens is 445 g/mol. The van der Waals surface area contributed by atoms with Gasteiger partial charge in [-0.2, -0.15) is 0 Å². The molecule has 0 aliphatic heterocycles. The number of hydrogen-bond acceptors (Lipinski definition) is 1. The fraction of sp³-hybridized carbons (Fsp3) is 0.171. The van der Waals surface area contributed by atoms with Crippen molar-refractivity contribution >= 4 is 55.5 Å². The fourth-order valence-corrected chi connectivity index (χ4v) is 6.65. The third-order valence-electron chi connectivity index (χ3n) is 7.98. The Hall–Kier alpha value is -3.91. The van der Waals surface area contributed by atoms with Gasteiger partial charge in [0.25, 0.3) is 0 Å². The highest BCUT2D eigenvalue weighted by molar-refractivity contribution is 6.96. The van der Waals surface area contributed by atoms with E-state index in [0.717, 1.165) is 5.52 Å². The molecule has 0 unspecified atom stereocenters. The fourth-order valence-electron chi connectivity index (χ4n) is 6.65. The first kappa shape index (κ1) is 23.5. The molecule has 0 saturated heterocycles. The molecule has 1 heterocycles. The van der Waals surface area contributed by atoms with Crippen molar-refractivity contribution in [2.45, 2.75) is 41.5 Å². The molecule has 0 saturated carbocycles. The topological polar surface area (TPSA) is 12.9 Å². The summed E-state index contributed by atoms with van der Waals surface area (Å²) < 4.78 is 0. The van der Waals surface area contributed by atoms with Crippen molar-refractivity contribution in [2.75, 3.05) is 0 Å². The maximum atomic E-state index is 4.96. The minimum Gasteiger partial charge on any atom is -0.256 e. The summed E-state index contributed by atoms with van der Waals surface area (Å²) >= 11 is 0. The predicted octanol–water partition coefficient (Wildman–Crippen LogP) is 6.91. The van der Waals surface area contributed by atoms with Crippen molar-refractivity contribution in [1.82, 2.24) is 4.98 Å². The molecule has 1 aromatic heterocycles. The minimum absolute atomic E-state index is 0.149. The Morgan fingerprint density at radius 3 is 1.73 bits per heavy atom. The Kier molecular flexibility index (Phi) is 5.64. The normalized spacial score (nSPS) is 11.5. The molecule has 0 atom stereocenters. The maximum absolute atomic E-state index is 4.96. The first-order valence-corrected chi connectivity index (χ1v) is 13.2. The summed E-state index contributed by atoms with van der Waals surface area (Å²) in [6.45, 7) is 13.6. The Morgan fingerprint density at radius 2 is 1.11 bits per heavy atom. The highest BCUT2D eigenvalue weighted by Gasteiger charge is 2.28. The first-order chi connectivity index (χ1) is 17.8. The molecule has 5 aromatic carbocycles. The van der Waals surface area contributed by atoms with Crippen LogP contribution in [0.2, 0.25) is 0 Å². The van der Waals surface area contributed by atoms with Gasteiger partial charge in [0.05, 0.1) is 5.52 Å². The summed E-state index contributed by atoms with van der Waals surface area (Å²) in [6, 6.07) is 29.3. The molecule has 1 nitrogen and oxygen atoms in total. The van der Waals surface area contributed by atoms with Crippen LogP contribution in [0.5, 0.6) is 0 Å². The molecule has 0 aliphatic rings. The van der Waals surface area contributed by atoms with Crippen LogP contribution < -0.4 is 16.4 Å². The van der Waals surface area contributed by atoms with Crippen LogP contribution in [-0.4, -0.2) is 11.7 Å². The van der Waals surface area contributed by atoms with Gasteiger partial charge in [-0.3, -0.25) is 4.98 Å². The van der Waals surface area contributed by atoms with E-state index in [4.69, 9.17) is 4.98 Å². The Balaban J connectivity index is 1.66. The van der Waals surface area contributed by atoms with Crippen LogP contribution in [0.4, 0.5) is 0 Å². The number of aryl methyl sites for hydroxylation is 6. The van der Waals surface area contributed by atoms with E-state index < -0.39 is 0 Å². The molecule has 0 amide bonds. The predicted molar refractivity (Wildman–Crippen MR) is 163 cm³/mol. The molecule has 0 radical (unpaired) electrons. The van der Waals surface area contributed by atoms with E-state index in [-0.39, 0.29) is 6.71 Å². The van der Waals surface area contributed by atoms with E-state index in [1.807, 2.05) is 6.20 Å². The van der Waals surface area contributed by atoms with Crippen molar-refractivity contribution < 1.29 is 0 Å². The number of nitrogens with zero attached hydrogens (tertiary/aromatic N) is 1. The number of aromatic nitrogens is 1. The van der Waals surface area contributed by atoms with Crippen LogP contribution in [-0.2, 0) is 0 Å². The van der Waals surface area contributed by atoms with Crippen LogP contribution in [0.1, 0.15) is 33.4 Å². The lowest BCUT2D eigenvalue weighted by Gasteiger charge is -2.25. The van der Waals surface area contributed by atoms with E-state index in [1.165, 1.54) is 76.7 Å². The summed E-state index contributed by atoms with van der Waals surface area (Å²) in [5.74, 6) is 0. The lowest BCUT2D eigenvalue weighted by atomic mass is 9.34. The highest BCUT2D eigenvalue weighted by atomic mass is 14.6. The molecule has 0 fully saturated rings. The van der Waals surface area contributed by atoms with Crippen molar-refractivity contribution in [3.05, 3.63) is 118 Å². The third kappa shape index (κ3) is 3.92. The molecular formula is C35H32BN. The van der Waals surface area contributed by atoms with Crippen molar-refractivity contribution in [2.24, 2.45) is 0 Å². The molecule has 6 rings (SSSR count). The minimum atomic E-state index is 0.149. The Bertz CT molecular complexity index is 1740. The SMILES string of the molecule is Cc1cc(C)c(B(c2ccc3c(c2)ncc2ccc4ccccc4c23)c2c(C)cc(C)cc2C)c(C)c1. The lowest BCUT2D eigenvalue weighted by molar-refractivity contribution is 1.34. The van der Waals surface area contributed by atoms with E-state index in [1.54, 1.807) is 0 Å². The van der Waals surface area contributed by atoms with E-state index in [2.05, 4.69) is 120 Å². The lowest BCUT2D eigenvalue weighted by Crippen LogP contribution is -2.55. The van der Waals surface area contributed by atoms with Gasteiger partial charge in [-0.05, 0) is 58.4 Å². The average molecular weight is 477 g/mol. The number of benzene rings is 5. The zero-order valence-electron chi connectivity index (χ0n) is 22.6. The number of hydrogen-bond donors (Lipinski definition) is 0. The molecule has 37 heavy (non-hydrogen) atoms. The van der Waals surface area contributed by atoms with Crippen LogP contribution >= 0.6 is 0 Å². The van der Waals surface area contributed by atoms with E-state index in [9.17, 15) is 0 Å². The van der Waals surface area contributed by atoms with Crippen LogP contribution in [0, 0.1) is 41.5 Å². The van der Waals surface area contributed by atoms with Gasteiger partial charge < -0.3 is 0 Å². The largest absolute Gasteiger partial charge is 0.256 e. The van der Waals surface area contributed by atoms with Gasteiger partial charge in [-0.15, -0.1) is 0 Å². The quantitative estimate of drug-likeness (QED) is 0.199. The van der Waals surface area contributed by atoms with Gasteiger partial charge >= 0.3 is 0 Å². The molecule has 6 aromatic rings. The molecule has 0 N–H and O–H groups in total. The van der Waals surface area contributed by atoms with Gasteiger partial charge in [-0.25, -0.2) is 0 Å². The second-order valence-electron chi connectivity index (χ2n) is 10.8. The summed E-state index contributed by atoms with van der Waals surface area (Å²) in [5, 5.41) is 6.24. The summed E-state index contributed by atoms with van der Waals surface area (Å²) in [7, 11) is 0. The molecule has 0 bridgehead atoms. The van der Waals surface area contributed by atoms with Crippen molar-refractivity contribution in [3.8, 4) is 0 Å². The number of rotatable bonds is 3. The summed E-state index contributed by atoms with van der Waals surface area (Å²) in [4.78, 5) is 4.96. The second-order valence-corrected chi connectivity index (χ2v) is 10.8. The van der Waals surface area contributed by atoms with Gasteiger partial charge in [-0.1, -0.05) is 123 Å². The Labute approximate surface area is 220 Å². The van der Waals surface area contributed by atoms with Gasteiger partial charge in [0.1, 0.15) is 0 Å². The van der Waals surface area contributed by atoms with Crippen LogP contribution in [0.25, 0.3) is 32.4 Å². The average Bonchev–Trinajstić information content (AvgIpc) is 2.86. The summed E-state index contributed by atoms with van der Waals surface area (Å²) in [6.07, 6.45) is 2.04. The van der Waals surface area contributed by atoms with Gasteiger partial charge in [0, 0.05) is 22.4 Å². The first-order valence-electron chi connectivity index (χ1n) is 13.2. The van der Waals surface area contributed by atoms with Crippen LogP contribution in [0.3, 0.4) is 0 Å². The monoisotopic (exact) mass is 477 g/mol. The smallest absolute Gasteiger partial charge is 0.242 e. The third-order valence-corrected chi connectivity index (χ3v) is 7.98. The second kappa shape index (κ2) is 8.89. The van der Waals surface area contributed by atoms with Gasteiger partial charge in [0.15, 0.2) is 0 Å². The zero-order chi connectivity index (χ0) is 25.8. The molecule has 2 heteroatoms. The highest BCUT2D eigenvalue weighted by Crippen LogP contribution is 2.30. The number of pyridine rings is 1. The van der Waals surface area contributed by atoms with E-state index >= 15 is 0 Å². The van der Waals surface area contributed by atoms with E-state index in [0.29, 0.717) is 0 Å². The number of fused-ring (bicyclic) bond motifs is 5. The van der Waals surface area contributed by atoms with Crippen LogP contribution in [0.15, 0.2) is 85.1 Å². The standard InChI is InChI=1S/C35H32BN/c1-21-15-23(3)34(24(4)16-21)36(35-25(5)17-22(2)18-26(35)6)29-13-14-31-32(19-29)37-20-28-12-11-27-9-7-8-10-30(27)33(28)31/h7-20H,1-6H3. The molecule has 180 valence electrons. The Morgan fingerprint density at radius 1 is 0.541 bits per heavy atom. The van der Waals surface area contributed by atoms with Crippen molar-refractivity contribution in [3.63, 3.8) is 0 Å². The molecule has 0 spiro atoms. The molecule has 0 aliphatic carbocycles. The van der Waals surface area contributed by atoms with Crippen molar-refractivity contribution in [1.29, 1.82) is 0 Å². The summed E-state index contributed by atoms with van der Waals surface area (Å²) in [5.41, 5.74) is 13.2. The van der Waals surface area contributed by atoms with Gasteiger partial charge in [0.2, 0.25) is 6.71 Å².